The first kappa shape index (κ1) is 20.8. The Morgan fingerprint density at radius 3 is 2.35 bits per heavy atom. The van der Waals surface area contributed by atoms with E-state index in [9.17, 15) is 13.2 Å². The number of primary sulfonamides is 1. The summed E-state index contributed by atoms with van der Waals surface area (Å²) in [6, 6.07) is 13.8. The normalized spacial score (nSPS) is 14.5. The minimum absolute atomic E-state index is 0.141. The number of carbonyl (C=O) groups excluding carboxylic acids is 1. The number of rotatable bonds is 5. The molecule has 1 saturated heterocycles. The van der Waals surface area contributed by atoms with Crippen molar-refractivity contribution in [3.05, 3.63) is 54.1 Å². The van der Waals surface area contributed by atoms with Gasteiger partial charge < -0.3 is 14.5 Å². The lowest BCUT2D eigenvalue weighted by atomic mass is 10.1. The molecular formula is C19H21N7O4S. The van der Waals surface area contributed by atoms with Crippen molar-refractivity contribution in [2.45, 2.75) is 4.90 Å². The van der Waals surface area contributed by atoms with Crippen LogP contribution >= 0.6 is 0 Å². The van der Waals surface area contributed by atoms with E-state index in [1.807, 2.05) is 35.2 Å². The lowest BCUT2D eigenvalue weighted by Gasteiger charge is -2.36. The summed E-state index contributed by atoms with van der Waals surface area (Å²) in [7, 11) is -2.70. The number of anilines is 2. The van der Waals surface area contributed by atoms with Crippen LogP contribution in [-0.4, -0.2) is 67.9 Å². The van der Waals surface area contributed by atoms with E-state index in [1.165, 1.54) is 19.2 Å². The number of esters is 1. The number of methoxy groups -OCH3 is 1. The molecule has 2 heterocycles. The Hall–Kier alpha value is -3.51. The molecule has 1 aliphatic rings. The molecule has 0 amide bonds. The summed E-state index contributed by atoms with van der Waals surface area (Å²) in [6.07, 6.45) is 0. The Kier molecular flexibility index (Phi) is 5.57. The van der Waals surface area contributed by atoms with E-state index in [1.54, 1.807) is 10.7 Å². The molecule has 0 radical (unpaired) electrons. The minimum atomic E-state index is -3.94. The fraction of sp³-hybridized carbons (Fsp3) is 0.263. The summed E-state index contributed by atoms with van der Waals surface area (Å²) in [4.78, 5) is 16.2. The van der Waals surface area contributed by atoms with E-state index in [2.05, 4.69) is 20.4 Å². The minimum Gasteiger partial charge on any atom is -0.465 e. The van der Waals surface area contributed by atoms with Crippen LogP contribution in [0.15, 0.2) is 53.4 Å². The van der Waals surface area contributed by atoms with E-state index in [0.717, 1.165) is 5.69 Å². The molecule has 0 atom stereocenters. The number of hydrogen-bond acceptors (Lipinski definition) is 9. The molecule has 2 N–H and O–H groups in total. The maximum atomic E-state index is 12.3. The predicted octanol–water partition coefficient (Wildman–Crippen LogP) is 0.423. The molecule has 1 aliphatic heterocycles. The van der Waals surface area contributed by atoms with E-state index >= 15 is 0 Å². The summed E-state index contributed by atoms with van der Waals surface area (Å²) < 4.78 is 29.9. The summed E-state index contributed by atoms with van der Waals surface area (Å²) in [5, 5.41) is 17.3. The molecule has 0 aliphatic carbocycles. The number of hydrogen-bond donors (Lipinski definition) is 1. The molecule has 0 bridgehead atoms. The molecule has 0 unspecified atom stereocenters. The van der Waals surface area contributed by atoms with Crippen LogP contribution in [0.25, 0.3) is 5.69 Å². The van der Waals surface area contributed by atoms with Crippen LogP contribution < -0.4 is 14.9 Å². The number of carbonyl (C=O) groups is 1. The van der Waals surface area contributed by atoms with Gasteiger partial charge in [-0.05, 0) is 40.8 Å². The number of tetrazole rings is 1. The van der Waals surface area contributed by atoms with Gasteiger partial charge in [-0.3, -0.25) is 0 Å². The molecule has 162 valence electrons. The average Bonchev–Trinajstić information content (AvgIpc) is 3.28. The summed E-state index contributed by atoms with van der Waals surface area (Å²) >= 11 is 0. The SMILES string of the molecule is COC(=O)c1cc(S(N)(=O)=O)ccc1N1CCN(c2nnnn2-c2ccccc2)CC1. The summed E-state index contributed by atoms with van der Waals surface area (Å²) in [6.45, 7) is 2.34. The third-order valence-electron chi connectivity index (χ3n) is 5.06. The van der Waals surface area contributed by atoms with E-state index in [4.69, 9.17) is 9.88 Å². The topological polar surface area (TPSA) is 137 Å². The molecule has 0 spiro atoms. The number of nitrogens with two attached hydrogens (primary N) is 1. The first-order valence-corrected chi connectivity index (χ1v) is 11.0. The summed E-state index contributed by atoms with van der Waals surface area (Å²) in [5.41, 5.74) is 1.59. The van der Waals surface area contributed by atoms with Gasteiger partial charge in [-0.2, -0.15) is 4.68 Å². The largest absolute Gasteiger partial charge is 0.465 e. The molecule has 1 fully saturated rings. The molecule has 4 rings (SSSR count). The van der Waals surface area contributed by atoms with Gasteiger partial charge in [-0.15, -0.1) is 0 Å². The van der Waals surface area contributed by atoms with Crippen LogP contribution in [0.1, 0.15) is 10.4 Å². The van der Waals surface area contributed by atoms with Gasteiger partial charge >= 0.3 is 5.97 Å². The molecule has 3 aromatic rings. The van der Waals surface area contributed by atoms with Crippen molar-refractivity contribution in [1.82, 2.24) is 20.2 Å². The number of aromatic nitrogens is 4. The Balaban J connectivity index is 1.56. The molecule has 0 saturated carbocycles. The second-order valence-electron chi connectivity index (χ2n) is 6.92. The lowest BCUT2D eigenvalue weighted by Crippen LogP contribution is -2.47. The van der Waals surface area contributed by atoms with Gasteiger partial charge in [0.25, 0.3) is 0 Å². The van der Waals surface area contributed by atoms with Crippen molar-refractivity contribution in [3.63, 3.8) is 0 Å². The number of sulfonamides is 1. The average molecular weight is 443 g/mol. The number of piperazine rings is 1. The molecule has 11 nitrogen and oxygen atoms in total. The maximum absolute atomic E-state index is 12.3. The van der Waals surface area contributed by atoms with Crippen LogP contribution in [0.5, 0.6) is 0 Å². The highest BCUT2D eigenvalue weighted by molar-refractivity contribution is 7.89. The van der Waals surface area contributed by atoms with Crippen molar-refractivity contribution in [1.29, 1.82) is 0 Å². The summed E-state index contributed by atoms with van der Waals surface area (Å²) in [5.74, 6) is -0.000403. The quantitative estimate of drug-likeness (QED) is 0.556. The van der Waals surface area contributed by atoms with Crippen LogP contribution in [0, 0.1) is 0 Å². The molecule has 2 aromatic carbocycles. The van der Waals surface area contributed by atoms with E-state index in [-0.39, 0.29) is 10.5 Å². The third kappa shape index (κ3) is 4.20. The zero-order chi connectivity index (χ0) is 22.0. The Morgan fingerprint density at radius 2 is 1.71 bits per heavy atom. The van der Waals surface area contributed by atoms with Crippen LogP contribution in [0.3, 0.4) is 0 Å². The van der Waals surface area contributed by atoms with Gasteiger partial charge in [-0.25, -0.2) is 18.4 Å². The van der Waals surface area contributed by atoms with Crippen molar-refractivity contribution in [3.8, 4) is 5.69 Å². The van der Waals surface area contributed by atoms with Crippen LogP contribution in [-0.2, 0) is 14.8 Å². The highest BCUT2D eigenvalue weighted by Crippen LogP contribution is 2.27. The van der Waals surface area contributed by atoms with Gasteiger partial charge in [0.1, 0.15) is 0 Å². The first-order valence-electron chi connectivity index (χ1n) is 9.47. The standard InChI is InChI=1S/C19H21N7O4S/c1-30-18(27)16-13-15(31(20,28)29)7-8-17(16)24-9-11-25(12-10-24)19-21-22-23-26(19)14-5-3-2-4-6-14/h2-8,13H,9-12H2,1H3,(H2,20,28,29). The van der Waals surface area contributed by atoms with Gasteiger partial charge in [0, 0.05) is 26.2 Å². The smallest absolute Gasteiger partial charge is 0.340 e. The van der Waals surface area contributed by atoms with Crippen molar-refractivity contribution < 1.29 is 17.9 Å². The lowest BCUT2D eigenvalue weighted by molar-refractivity contribution is 0.0601. The van der Waals surface area contributed by atoms with Crippen LogP contribution in [0.2, 0.25) is 0 Å². The van der Waals surface area contributed by atoms with Gasteiger partial charge in [0.05, 0.1) is 28.9 Å². The zero-order valence-electron chi connectivity index (χ0n) is 16.7. The fourth-order valence-electron chi connectivity index (χ4n) is 3.50. The van der Waals surface area contributed by atoms with Crippen LogP contribution in [0.4, 0.5) is 11.6 Å². The number of nitrogens with zero attached hydrogens (tertiary/aromatic N) is 6. The van der Waals surface area contributed by atoms with Gasteiger partial charge in [0.15, 0.2) is 0 Å². The number of para-hydroxylation sites is 1. The number of ether oxygens (including phenoxy) is 1. The second-order valence-corrected chi connectivity index (χ2v) is 8.48. The highest BCUT2D eigenvalue weighted by Gasteiger charge is 2.26. The van der Waals surface area contributed by atoms with Gasteiger partial charge in [-0.1, -0.05) is 23.3 Å². The molecule has 1 aromatic heterocycles. The highest BCUT2D eigenvalue weighted by atomic mass is 32.2. The zero-order valence-corrected chi connectivity index (χ0v) is 17.6. The van der Waals surface area contributed by atoms with Crippen molar-refractivity contribution in [2.75, 3.05) is 43.1 Å². The maximum Gasteiger partial charge on any atom is 0.340 e. The molecular weight excluding hydrogens is 422 g/mol. The first-order chi connectivity index (χ1) is 14.9. The fourth-order valence-corrected chi connectivity index (χ4v) is 4.04. The third-order valence-corrected chi connectivity index (χ3v) is 5.97. The predicted molar refractivity (Wildman–Crippen MR) is 113 cm³/mol. The van der Waals surface area contributed by atoms with Crippen molar-refractivity contribution >= 4 is 27.6 Å². The molecule has 31 heavy (non-hydrogen) atoms. The Labute approximate surface area is 179 Å². The van der Waals surface area contributed by atoms with E-state index < -0.39 is 16.0 Å². The second kappa shape index (κ2) is 8.32. The molecule has 12 heteroatoms. The van der Waals surface area contributed by atoms with Crippen molar-refractivity contribution in [2.24, 2.45) is 5.14 Å². The van der Waals surface area contributed by atoms with Gasteiger partial charge in [0.2, 0.25) is 16.0 Å². The number of benzene rings is 2. The Bertz CT molecular complexity index is 1190. The monoisotopic (exact) mass is 443 g/mol. The van der Waals surface area contributed by atoms with E-state index in [0.29, 0.717) is 37.8 Å². The Morgan fingerprint density at radius 1 is 1.03 bits per heavy atom.